The molecule has 19 rings (SSSR count). The summed E-state index contributed by atoms with van der Waals surface area (Å²) in [5, 5.41) is 0. The van der Waals surface area contributed by atoms with Crippen molar-refractivity contribution in [1.29, 1.82) is 0 Å². The van der Waals surface area contributed by atoms with Crippen LogP contribution in [0.5, 0.6) is 0 Å². The van der Waals surface area contributed by atoms with Gasteiger partial charge in [-0.2, -0.15) is 0 Å². The number of carbonyl (C=O) groups is 11. The molecule has 16 bridgehead atoms. The van der Waals surface area contributed by atoms with Gasteiger partial charge in [0, 0.05) is 42.9 Å². The second-order valence-corrected chi connectivity index (χ2v) is 53.8. The van der Waals surface area contributed by atoms with Gasteiger partial charge in [-0.25, -0.2) is 19.2 Å². The fraction of sp³-hybridized carbons (Fsp3) is 0.901. The Kier molecular flexibility index (Phi) is 31.2. The minimum absolute atomic E-state index is 0.0266. The average molecular weight is 1930 g/mol. The molecule has 8 atom stereocenters. The zero-order valence-corrected chi connectivity index (χ0v) is 89.5. The van der Waals surface area contributed by atoms with Gasteiger partial charge in [0.05, 0.1) is 49.1 Å². The molecule has 0 heterocycles. The minimum atomic E-state index is -1.18. The maximum Gasteiger partial charge on any atom is 0.508 e. The third-order valence-electron chi connectivity index (χ3n) is 35.7. The van der Waals surface area contributed by atoms with Crippen LogP contribution in [-0.4, -0.2) is 165 Å². The summed E-state index contributed by atoms with van der Waals surface area (Å²) in [6.45, 7) is 52.1. The molecule has 137 heavy (non-hydrogen) atoms. The first-order chi connectivity index (χ1) is 63.1. The van der Waals surface area contributed by atoms with Crippen molar-refractivity contribution < 1.29 is 124 Å². The first-order valence-corrected chi connectivity index (χ1v) is 53.1. The Hall–Kier alpha value is -6.31. The van der Waals surface area contributed by atoms with Gasteiger partial charge in [0.2, 0.25) is 0 Å². The summed E-state index contributed by atoms with van der Waals surface area (Å²) in [5.41, 5.74) is -13.9. The summed E-state index contributed by atoms with van der Waals surface area (Å²) in [4.78, 5) is 146. The van der Waals surface area contributed by atoms with E-state index >= 15 is 0 Å². The van der Waals surface area contributed by atoms with Crippen molar-refractivity contribution in [2.45, 2.75) is 529 Å². The van der Waals surface area contributed by atoms with Gasteiger partial charge in [-0.1, -0.05) is 41.5 Å². The molecule has 19 saturated carbocycles. The first kappa shape index (κ1) is 109. The second-order valence-electron chi connectivity index (χ2n) is 53.8. The monoisotopic (exact) mass is 1930 g/mol. The molecule has 0 aromatic carbocycles. The molecule has 0 amide bonds. The minimum Gasteiger partial charge on any atom is -0.459 e. The van der Waals surface area contributed by atoms with E-state index in [1.54, 1.807) is 0 Å². The lowest BCUT2D eigenvalue weighted by Crippen LogP contribution is -2.71. The van der Waals surface area contributed by atoms with Gasteiger partial charge < -0.3 is 71.1 Å². The zero-order valence-electron chi connectivity index (χ0n) is 89.5. The van der Waals surface area contributed by atoms with Crippen LogP contribution in [0, 0.1) is 78.3 Å². The molecule has 19 fully saturated rings. The van der Waals surface area contributed by atoms with Gasteiger partial charge in [0.25, 0.3) is 0 Å². The van der Waals surface area contributed by atoms with Gasteiger partial charge in [-0.05, 0) is 413 Å². The standard InChI is InChI=1S/C37H56O8.C30H50O8.2C22H36O5/c1-7-30(2,3)26(38)45-37-23-34(27(39)42-31(4)14-8-9-15-31)20-35(24-37,28(40)43-32(5)16-10-11-17-32)22-36(21-34,25-37)29(41)44-33(6)18-12-13-19-33;1-10-25(4,5)23(32)37-30-15-21-13-28(18-30,20-34-24(33)38-27(8,9)12-3)17-29(14-21,19-30)35-16-22(31)36-26(6,7)11-2;1-7-20(5,6)17(23)26-22-11-15-8-16(12-22)10-21(9-15,13-22)14-25-18(24)27-19(2,3)4;1-7-20(5,6)18(24)27-22-11-15-8-16(12-22)10-21(9-15,14-22)25-13-17(23)26-19(2,3)4/h7-25H2,1-6H3;21H,10-20H2,1-9H3;2*15-16H,7-14H2,1-6H3. The van der Waals surface area contributed by atoms with Crippen molar-refractivity contribution >= 4 is 66.0 Å². The van der Waals surface area contributed by atoms with Crippen LogP contribution in [0.3, 0.4) is 0 Å². The lowest BCUT2D eigenvalue weighted by atomic mass is 9.38. The third kappa shape index (κ3) is 25.4. The van der Waals surface area contributed by atoms with E-state index < -0.39 is 123 Å². The molecule has 0 spiro atoms. The van der Waals surface area contributed by atoms with Crippen molar-refractivity contribution in [2.75, 3.05) is 26.4 Å². The van der Waals surface area contributed by atoms with Crippen LogP contribution in [0.1, 0.15) is 457 Å². The first-order valence-electron chi connectivity index (χ1n) is 53.1. The highest BCUT2D eigenvalue weighted by Gasteiger charge is 2.78. The molecule has 0 aromatic heterocycles. The fourth-order valence-corrected chi connectivity index (χ4v) is 28.1. The molecule has 778 valence electrons. The molecule has 26 heteroatoms. The largest absolute Gasteiger partial charge is 0.508 e. The molecule has 0 radical (unpaired) electrons. The lowest BCUT2D eigenvalue weighted by molar-refractivity contribution is -0.266. The molecule has 0 saturated heterocycles. The van der Waals surface area contributed by atoms with Crippen molar-refractivity contribution in [3.63, 3.8) is 0 Å². The van der Waals surface area contributed by atoms with Crippen LogP contribution in [0.4, 0.5) is 9.59 Å². The number of carbonyl (C=O) groups excluding carboxylic acids is 11. The van der Waals surface area contributed by atoms with E-state index in [-0.39, 0.29) is 129 Å². The Balaban J connectivity index is 0.000000168. The highest BCUT2D eigenvalue weighted by Crippen LogP contribution is 2.75. The Bertz CT molecular complexity index is 4090. The van der Waals surface area contributed by atoms with E-state index in [1.165, 1.54) is 12.8 Å². The molecular formula is C111H178O26. The molecule has 19 aliphatic rings. The molecule has 0 aromatic rings. The van der Waals surface area contributed by atoms with E-state index in [0.29, 0.717) is 81.6 Å². The van der Waals surface area contributed by atoms with E-state index in [4.69, 9.17) is 71.1 Å². The van der Waals surface area contributed by atoms with Crippen LogP contribution in [-0.2, 0) is 114 Å². The topological polar surface area (TPSA) is 326 Å². The van der Waals surface area contributed by atoms with Gasteiger partial charge >= 0.3 is 66.0 Å². The van der Waals surface area contributed by atoms with Gasteiger partial charge in [0.15, 0.2) is 0 Å². The summed E-state index contributed by atoms with van der Waals surface area (Å²) < 4.78 is 90.2. The van der Waals surface area contributed by atoms with Gasteiger partial charge in [-0.15, -0.1) is 0 Å². The zero-order chi connectivity index (χ0) is 101. The van der Waals surface area contributed by atoms with Crippen LogP contribution in [0.25, 0.3) is 0 Å². The second kappa shape index (κ2) is 39.0. The van der Waals surface area contributed by atoms with E-state index in [9.17, 15) is 52.7 Å². The number of hydrogen-bond donors (Lipinski definition) is 0. The van der Waals surface area contributed by atoms with Crippen molar-refractivity contribution in [3.05, 3.63) is 0 Å². The molecule has 0 aliphatic heterocycles. The Labute approximate surface area is 819 Å². The van der Waals surface area contributed by atoms with Gasteiger partial charge in [0.1, 0.15) is 88.0 Å². The average Bonchev–Trinajstić information content (AvgIpc) is 1.01. The molecule has 8 unspecified atom stereocenters. The van der Waals surface area contributed by atoms with Crippen molar-refractivity contribution in [3.8, 4) is 0 Å². The van der Waals surface area contributed by atoms with E-state index in [2.05, 4.69) is 0 Å². The predicted octanol–water partition coefficient (Wildman–Crippen LogP) is 23.9. The Morgan fingerprint density at radius 2 is 0.555 bits per heavy atom. The van der Waals surface area contributed by atoms with Crippen LogP contribution < -0.4 is 0 Å². The van der Waals surface area contributed by atoms with Crippen molar-refractivity contribution in [2.24, 2.45) is 78.3 Å². The SMILES string of the molecule is CCC(C)(C)C(=O)OC12CC3(C(=O)OC4(C)CCCC4)CC(C(=O)OC4(C)CCCC4)(C1)CC(C(=O)OC1(C)CCCC1)(C2)C3.CCC(C)(C)C(=O)OC12CC3CC(CC(COC(=O)OC(C)(C)C)(C3)C1)C2.CCC(C)(C)C(=O)OC12CC3CC(CC(OCC(=O)OC(C)(C)C)(C3)C1)C2.CCC(C)(C)OC(=O)COC12CC3CC(COC(=O)OC(C)(C)CC)(C1)CC(OC(=O)C(C)(C)CC)(C3)C2. The van der Waals surface area contributed by atoms with Crippen LogP contribution >= 0.6 is 0 Å². The number of esters is 9. The van der Waals surface area contributed by atoms with Crippen LogP contribution in [0.15, 0.2) is 0 Å². The summed E-state index contributed by atoms with van der Waals surface area (Å²) in [5.74, 6) is -0.209. The predicted molar refractivity (Wildman–Crippen MR) is 514 cm³/mol. The highest BCUT2D eigenvalue weighted by atomic mass is 16.7. The summed E-state index contributed by atoms with van der Waals surface area (Å²) in [7, 11) is 0. The Morgan fingerprint density at radius 1 is 0.270 bits per heavy atom. The van der Waals surface area contributed by atoms with Crippen molar-refractivity contribution in [1.82, 2.24) is 0 Å². The van der Waals surface area contributed by atoms with E-state index in [1.807, 2.05) is 187 Å². The molecule has 19 aliphatic carbocycles. The summed E-state index contributed by atoms with van der Waals surface area (Å²) in [6.07, 6.45) is 30.9. The smallest absolute Gasteiger partial charge is 0.459 e. The van der Waals surface area contributed by atoms with Crippen LogP contribution in [0.2, 0.25) is 0 Å². The molecule has 0 N–H and O–H groups in total. The highest BCUT2D eigenvalue weighted by molar-refractivity contribution is 5.90. The molecular weight excluding hydrogens is 1750 g/mol. The fourth-order valence-electron chi connectivity index (χ4n) is 28.1. The lowest BCUT2D eigenvalue weighted by Gasteiger charge is -2.67. The van der Waals surface area contributed by atoms with E-state index in [0.717, 1.165) is 167 Å². The third-order valence-corrected chi connectivity index (χ3v) is 35.7. The number of hydrogen-bond acceptors (Lipinski definition) is 26. The van der Waals surface area contributed by atoms with Gasteiger partial charge in [-0.3, -0.25) is 33.6 Å². The maximum atomic E-state index is 14.6. The molecule has 26 nitrogen and oxygen atoms in total. The number of ether oxygens (including phenoxy) is 15. The maximum absolute atomic E-state index is 14.6. The summed E-state index contributed by atoms with van der Waals surface area (Å²) >= 11 is 0. The normalized spacial score (nSPS) is 34.6. The Morgan fingerprint density at radius 3 is 0.934 bits per heavy atom. The summed E-state index contributed by atoms with van der Waals surface area (Å²) in [6, 6.07) is 0. The quantitative estimate of drug-likeness (QED) is 0.0446. The number of rotatable bonds is 32.